The van der Waals surface area contributed by atoms with Gasteiger partial charge < -0.3 is 5.32 Å². The summed E-state index contributed by atoms with van der Waals surface area (Å²) in [7, 11) is -3.27. The number of sulfone groups is 1. The Balaban J connectivity index is 1.91. The number of carbonyl (C=O) groups excluding carboxylic acids is 1. The lowest BCUT2D eigenvalue weighted by Crippen LogP contribution is -2.27. The molecule has 0 saturated carbocycles. The number of carbonyl (C=O) groups is 1. The van der Waals surface area contributed by atoms with Crippen LogP contribution in [-0.4, -0.2) is 38.7 Å². The minimum atomic E-state index is -3.27. The number of aromatic nitrogens is 1. The fourth-order valence-electron chi connectivity index (χ4n) is 2.88. The van der Waals surface area contributed by atoms with Crippen molar-refractivity contribution in [1.29, 1.82) is 0 Å². The summed E-state index contributed by atoms with van der Waals surface area (Å²) in [5.74, 6) is 0.0773. The van der Waals surface area contributed by atoms with E-state index in [9.17, 15) is 13.2 Å². The number of hydrogen-bond acceptors (Lipinski definition) is 6. The molecule has 0 bridgehead atoms. The van der Waals surface area contributed by atoms with Crippen molar-refractivity contribution in [2.24, 2.45) is 5.92 Å². The van der Waals surface area contributed by atoms with Crippen LogP contribution in [-0.2, 0) is 14.6 Å². The van der Waals surface area contributed by atoms with E-state index in [1.807, 2.05) is 6.08 Å². The van der Waals surface area contributed by atoms with Crippen molar-refractivity contribution in [3.63, 3.8) is 0 Å². The van der Waals surface area contributed by atoms with E-state index in [0.29, 0.717) is 22.2 Å². The van der Waals surface area contributed by atoms with Crippen LogP contribution in [0.3, 0.4) is 0 Å². The lowest BCUT2D eigenvalue weighted by Gasteiger charge is -2.21. The highest BCUT2D eigenvalue weighted by molar-refractivity contribution is 7.90. The van der Waals surface area contributed by atoms with Crippen LogP contribution in [0.5, 0.6) is 0 Å². The van der Waals surface area contributed by atoms with Gasteiger partial charge in [-0.05, 0) is 49.5 Å². The van der Waals surface area contributed by atoms with Gasteiger partial charge >= 0.3 is 0 Å². The van der Waals surface area contributed by atoms with E-state index in [1.165, 1.54) is 29.7 Å². The number of rotatable bonds is 5. The zero-order valence-corrected chi connectivity index (χ0v) is 16.1. The van der Waals surface area contributed by atoms with Gasteiger partial charge in [0, 0.05) is 23.4 Å². The number of anilines is 1. The van der Waals surface area contributed by atoms with Crippen molar-refractivity contribution in [3.8, 4) is 0 Å². The Hall–Kier alpha value is -2.03. The van der Waals surface area contributed by atoms with Gasteiger partial charge in [0.2, 0.25) is 0 Å². The van der Waals surface area contributed by atoms with Crippen molar-refractivity contribution in [2.45, 2.75) is 17.7 Å². The van der Waals surface area contributed by atoms with E-state index in [1.54, 1.807) is 23.7 Å². The van der Waals surface area contributed by atoms with Gasteiger partial charge in [-0.15, -0.1) is 11.3 Å². The first kappa shape index (κ1) is 18.8. The summed E-state index contributed by atoms with van der Waals surface area (Å²) in [6.45, 7) is 1.85. The Bertz CT molecular complexity index is 882. The highest BCUT2D eigenvalue weighted by atomic mass is 32.2. The van der Waals surface area contributed by atoms with Crippen LogP contribution < -0.4 is 10.6 Å². The molecule has 138 valence electrons. The summed E-state index contributed by atoms with van der Waals surface area (Å²) in [6.07, 6.45) is 6.74. The molecule has 2 aromatic rings. The summed E-state index contributed by atoms with van der Waals surface area (Å²) in [5.41, 5.74) is 1.25. The fourth-order valence-corrected chi connectivity index (χ4v) is 4.04. The lowest BCUT2D eigenvalue weighted by molar-refractivity contribution is -0.111. The highest BCUT2D eigenvalue weighted by Crippen LogP contribution is 2.25. The summed E-state index contributed by atoms with van der Waals surface area (Å²) in [6, 6.07) is 6.45. The average Bonchev–Trinajstić information content (AvgIpc) is 3.13. The predicted octanol–water partition coefficient (Wildman–Crippen LogP) is 2.57. The van der Waals surface area contributed by atoms with Crippen LogP contribution in [0, 0.1) is 5.92 Å². The molecule has 2 N–H and O–H groups in total. The first-order valence-corrected chi connectivity index (χ1v) is 11.1. The molecule has 2 heterocycles. The standard InChI is InChI=1S/C18H21N3O3S2/c1-26(23,24)15-4-2-14(3-5-15)16(12-13-6-8-19-9-7-13)17(22)21-18-20-10-11-25-18/h2-5,10-13,19H,6-9H2,1H3,(H,20,21,22)/b16-12-. The third-order valence-corrected chi connectivity index (χ3v) is 6.09. The fraction of sp³-hybridized carbons (Fsp3) is 0.333. The third kappa shape index (κ3) is 4.78. The molecule has 8 heteroatoms. The second kappa shape index (κ2) is 8.11. The molecule has 26 heavy (non-hydrogen) atoms. The number of allylic oxidation sites excluding steroid dienone is 1. The Morgan fingerprint density at radius 3 is 2.54 bits per heavy atom. The van der Waals surface area contributed by atoms with Crippen LogP contribution in [0.25, 0.3) is 5.57 Å². The number of thiazole rings is 1. The second-order valence-electron chi connectivity index (χ2n) is 6.26. The smallest absolute Gasteiger partial charge is 0.257 e. The number of amides is 1. The SMILES string of the molecule is CS(=O)(=O)c1ccc(/C(=C/C2CCNCC2)C(=O)Nc2nccs2)cc1. The normalized spacial score (nSPS) is 16.4. The van der Waals surface area contributed by atoms with E-state index in [4.69, 9.17) is 0 Å². The molecule has 1 aromatic carbocycles. The Morgan fingerprint density at radius 1 is 1.27 bits per heavy atom. The number of piperidine rings is 1. The van der Waals surface area contributed by atoms with Crippen molar-refractivity contribution in [3.05, 3.63) is 47.5 Å². The number of nitrogens with zero attached hydrogens (tertiary/aromatic N) is 1. The molecule has 0 atom stereocenters. The molecule has 1 fully saturated rings. The molecule has 6 nitrogen and oxygen atoms in total. The molecular weight excluding hydrogens is 370 g/mol. The van der Waals surface area contributed by atoms with Gasteiger partial charge in [-0.25, -0.2) is 13.4 Å². The molecule has 1 aromatic heterocycles. The lowest BCUT2D eigenvalue weighted by atomic mass is 9.92. The van der Waals surface area contributed by atoms with Crippen molar-refractivity contribution in [1.82, 2.24) is 10.3 Å². The number of nitrogens with one attached hydrogen (secondary N) is 2. The van der Waals surface area contributed by atoms with Crippen LogP contribution in [0.1, 0.15) is 18.4 Å². The van der Waals surface area contributed by atoms with Gasteiger partial charge in [0.05, 0.1) is 4.90 Å². The summed E-state index contributed by atoms with van der Waals surface area (Å²) < 4.78 is 23.3. The van der Waals surface area contributed by atoms with E-state index < -0.39 is 9.84 Å². The molecule has 0 radical (unpaired) electrons. The second-order valence-corrected chi connectivity index (χ2v) is 9.17. The van der Waals surface area contributed by atoms with Gasteiger partial charge in [0.25, 0.3) is 5.91 Å². The Labute approximate surface area is 157 Å². The van der Waals surface area contributed by atoms with Crippen molar-refractivity contribution >= 4 is 37.8 Å². The Morgan fingerprint density at radius 2 is 1.96 bits per heavy atom. The van der Waals surface area contributed by atoms with Gasteiger partial charge in [-0.1, -0.05) is 18.2 Å². The maximum atomic E-state index is 12.8. The quantitative estimate of drug-likeness (QED) is 0.765. The van der Waals surface area contributed by atoms with Gasteiger partial charge in [0.15, 0.2) is 15.0 Å². The summed E-state index contributed by atoms with van der Waals surface area (Å²) in [4.78, 5) is 17.2. The first-order valence-electron chi connectivity index (χ1n) is 8.37. The summed E-state index contributed by atoms with van der Waals surface area (Å²) in [5, 5.41) is 8.47. The third-order valence-electron chi connectivity index (χ3n) is 4.28. The van der Waals surface area contributed by atoms with E-state index in [0.717, 1.165) is 25.9 Å². The van der Waals surface area contributed by atoms with Gasteiger partial charge in [-0.2, -0.15) is 0 Å². The molecule has 1 aliphatic heterocycles. The minimum Gasteiger partial charge on any atom is -0.317 e. The molecule has 1 saturated heterocycles. The van der Waals surface area contributed by atoms with Crippen molar-refractivity contribution in [2.75, 3.05) is 24.7 Å². The van der Waals surface area contributed by atoms with Crippen LogP contribution >= 0.6 is 11.3 Å². The highest BCUT2D eigenvalue weighted by Gasteiger charge is 2.18. The molecule has 1 amide bonds. The maximum absolute atomic E-state index is 12.8. The minimum absolute atomic E-state index is 0.231. The molecule has 0 unspecified atom stereocenters. The van der Waals surface area contributed by atoms with E-state index in [-0.39, 0.29) is 10.8 Å². The molecule has 0 spiro atoms. The predicted molar refractivity (Wildman–Crippen MR) is 104 cm³/mol. The van der Waals surface area contributed by atoms with Crippen LogP contribution in [0.2, 0.25) is 0 Å². The maximum Gasteiger partial charge on any atom is 0.257 e. The largest absolute Gasteiger partial charge is 0.317 e. The zero-order valence-electron chi connectivity index (χ0n) is 14.4. The number of benzene rings is 1. The van der Waals surface area contributed by atoms with Crippen molar-refractivity contribution < 1.29 is 13.2 Å². The molecular formula is C18H21N3O3S2. The van der Waals surface area contributed by atoms with Crippen LogP contribution in [0.4, 0.5) is 5.13 Å². The average molecular weight is 392 g/mol. The van der Waals surface area contributed by atoms with Crippen LogP contribution in [0.15, 0.2) is 46.8 Å². The Kier molecular flexibility index (Phi) is 5.85. The molecule has 3 rings (SSSR count). The van der Waals surface area contributed by atoms with Gasteiger partial charge in [-0.3, -0.25) is 10.1 Å². The molecule has 1 aliphatic rings. The molecule has 0 aliphatic carbocycles. The van der Waals surface area contributed by atoms with Gasteiger partial charge in [0.1, 0.15) is 0 Å². The first-order chi connectivity index (χ1) is 12.4. The monoisotopic (exact) mass is 391 g/mol. The van der Waals surface area contributed by atoms with E-state index in [2.05, 4.69) is 15.6 Å². The summed E-state index contributed by atoms with van der Waals surface area (Å²) >= 11 is 1.36. The number of hydrogen-bond donors (Lipinski definition) is 2. The topological polar surface area (TPSA) is 88.2 Å². The zero-order chi connectivity index (χ0) is 18.6. The van der Waals surface area contributed by atoms with E-state index >= 15 is 0 Å².